The van der Waals surface area contributed by atoms with Gasteiger partial charge in [0.05, 0.1) is 0 Å². The van der Waals surface area contributed by atoms with E-state index in [1.807, 2.05) is 54.6 Å². The number of benzene rings is 3. The molecule has 1 N–H and O–H groups in total. The van der Waals surface area contributed by atoms with Gasteiger partial charge in [-0.25, -0.2) is 5.26 Å². The van der Waals surface area contributed by atoms with Crippen LogP contribution in [0, 0.1) is 6.57 Å². The molecule has 130 valence electrons. The molecule has 0 unspecified atom stereocenters. The Morgan fingerprint density at radius 3 is 2.30 bits per heavy atom. The standard InChI is InChI=1S/C21H13N3O2S/c1-13(26-25)24-21(27)19(20(22-2)23-24)12-18-16-9-5-3-7-14(16)11-15-8-4-6-10-17(15)18/h3-12,25H,1H2/b19-12-. The lowest BCUT2D eigenvalue weighted by Crippen LogP contribution is -2.20. The third-order valence-electron chi connectivity index (χ3n) is 4.41. The molecule has 0 aromatic heterocycles. The zero-order valence-electron chi connectivity index (χ0n) is 14.1. The van der Waals surface area contributed by atoms with E-state index in [1.165, 1.54) is 0 Å². The first-order valence-corrected chi connectivity index (χ1v) is 8.48. The molecule has 5 nitrogen and oxygen atoms in total. The third kappa shape index (κ3) is 2.75. The molecule has 6 heteroatoms. The second-order valence-corrected chi connectivity index (χ2v) is 6.31. The summed E-state index contributed by atoms with van der Waals surface area (Å²) in [5, 5.41) is 18.4. The predicted molar refractivity (Wildman–Crippen MR) is 111 cm³/mol. The van der Waals surface area contributed by atoms with E-state index in [-0.39, 0.29) is 16.7 Å². The van der Waals surface area contributed by atoms with Crippen LogP contribution in [0.2, 0.25) is 0 Å². The minimum atomic E-state index is -0.160. The van der Waals surface area contributed by atoms with E-state index < -0.39 is 0 Å². The fourth-order valence-corrected chi connectivity index (χ4v) is 3.46. The second-order valence-electron chi connectivity index (χ2n) is 5.93. The van der Waals surface area contributed by atoms with E-state index in [9.17, 15) is 0 Å². The molecule has 4 rings (SSSR count). The van der Waals surface area contributed by atoms with Crippen LogP contribution in [-0.4, -0.2) is 21.1 Å². The van der Waals surface area contributed by atoms with Crippen LogP contribution < -0.4 is 0 Å². The number of hydrogen-bond donors (Lipinski definition) is 1. The van der Waals surface area contributed by atoms with Crippen molar-refractivity contribution in [2.45, 2.75) is 0 Å². The second kappa shape index (κ2) is 6.65. The van der Waals surface area contributed by atoms with Gasteiger partial charge >= 0.3 is 5.84 Å². The summed E-state index contributed by atoms with van der Waals surface area (Å²) in [5.74, 6) is -0.0393. The average Bonchev–Trinajstić information content (AvgIpc) is 3.02. The molecule has 27 heavy (non-hydrogen) atoms. The van der Waals surface area contributed by atoms with E-state index in [1.54, 1.807) is 0 Å². The van der Waals surface area contributed by atoms with E-state index in [4.69, 9.17) is 24.0 Å². The Labute approximate surface area is 160 Å². The Bertz CT molecular complexity index is 1170. The summed E-state index contributed by atoms with van der Waals surface area (Å²) in [7, 11) is 0. The van der Waals surface area contributed by atoms with Gasteiger partial charge in [-0.2, -0.15) is 0 Å². The number of hydrogen-bond acceptors (Lipinski definition) is 4. The molecule has 1 aliphatic rings. The number of nitrogens with zero attached hydrogens (tertiary/aromatic N) is 3. The van der Waals surface area contributed by atoms with E-state index in [0.29, 0.717) is 5.57 Å². The smallest absolute Gasteiger partial charge is 0.304 e. The normalized spacial score (nSPS) is 15.3. The molecule has 1 heterocycles. The van der Waals surface area contributed by atoms with Crippen molar-refractivity contribution in [3.05, 3.63) is 89.6 Å². The van der Waals surface area contributed by atoms with Gasteiger partial charge in [0.1, 0.15) is 0 Å². The Hall–Kier alpha value is -3.53. The van der Waals surface area contributed by atoms with Crippen molar-refractivity contribution in [2.75, 3.05) is 0 Å². The van der Waals surface area contributed by atoms with Gasteiger partial charge in [-0.1, -0.05) is 73.4 Å². The Morgan fingerprint density at radius 2 is 1.74 bits per heavy atom. The van der Waals surface area contributed by atoms with Crippen LogP contribution in [0.5, 0.6) is 0 Å². The molecule has 0 amide bonds. The van der Waals surface area contributed by atoms with Gasteiger partial charge < -0.3 is 9.73 Å². The lowest BCUT2D eigenvalue weighted by atomic mass is 9.95. The zero-order chi connectivity index (χ0) is 19.0. The molecule has 0 atom stereocenters. The summed E-state index contributed by atoms with van der Waals surface area (Å²) in [5.41, 5.74) is 1.44. The highest BCUT2D eigenvalue weighted by molar-refractivity contribution is 7.80. The fraction of sp³-hybridized carbons (Fsp3) is 0. The molecule has 3 aromatic rings. The first kappa shape index (κ1) is 16.9. The maximum atomic E-state index is 8.86. The molecule has 3 aromatic carbocycles. The molecule has 0 radical (unpaired) electrons. The van der Waals surface area contributed by atoms with Crippen molar-refractivity contribution in [2.24, 2.45) is 5.10 Å². The van der Waals surface area contributed by atoms with Crippen molar-refractivity contribution < 1.29 is 10.1 Å². The van der Waals surface area contributed by atoms with Gasteiger partial charge in [0.2, 0.25) is 0 Å². The lowest BCUT2D eigenvalue weighted by Gasteiger charge is -2.11. The van der Waals surface area contributed by atoms with E-state index >= 15 is 0 Å². The molecule has 0 saturated heterocycles. The minimum Gasteiger partial charge on any atom is -0.358 e. The summed E-state index contributed by atoms with van der Waals surface area (Å²) in [6, 6.07) is 18.2. The van der Waals surface area contributed by atoms with Crippen molar-refractivity contribution >= 4 is 50.7 Å². The van der Waals surface area contributed by atoms with Crippen LogP contribution >= 0.6 is 12.2 Å². The predicted octanol–water partition coefficient (Wildman–Crippen LogP) is 5.21. The number of thiocarbonyl (C=S) groups is 1. The number of hydrazone groups is 1. The van der Waals surface area contributed by atoms with Gasteiger partial charge in [0, 0.05) is 5.57 Å². The van der Waals surface area contributed by atoms with Gasteiger partial charge in [-0.3, -0.25) is 0 Å². The van der Waals surface area contributed by atoms with Crippen LogP contribution in [0.25, 0.3) is 32.5 Å². The molecule has 0 saturated carbocycles. The summed E-state index contributed by atoms with van der Waals surface area (Å²) in [4.78, 5) is 7.86. The van der Waals surface area contributed by atoms with Crippen molar-refractivity contribution in [1.29, 1.82) is 0 Å². The van der Waals surface area contributed by atoms with Crippen LogP contribution in [0.3, 0.4) is 0 Å². The fourth-order valence-electron chi connectivity index (χ4n) is 3.17. The SMILES string of the molecule is [C-]#[N+]C1=NN(C(=C)OO)C(=S)/C1=C\c1c2ccccc2cc2ccccc12. The molecule has 0 bridgehead atoms. The third-order valence-corrected chi connectivity index (χ3v) is 4.80. The highest BCUT2D eigenvalue weighted by Crippen LogP contribution is 2.32. The molecular formula is C21H13N3O2S. The van der Waals surface area contributed by atoms with Gasteiger partial charge in [0.15, 0.2) is 4.99 Å². The number of fused-ring (bicyclic) bond motifs is 2. The van der Waals surface area contributed by atoms with E-state index in [2.05, 4.69) is 27.5 Å². The summed E-state index contributed by atoms with van der Waals surface area (Å²) >= 11 is 5.44. The largest absolute Gasteiger partial charge is 0.358 e. The first-order valence-electron chi connectivity index (χ1n) is 8.07. The zero-order valence-corrected chi connectivity index (χ0v) is 14.9. The number of rotatable bonds is 3. The Balaban J connectivity index is 1.99. The van der Waals surface area contributed by atoms with Crippen LogP contribution in [0.4, 0.5) is 0 Å². The van der Waals surface area contributed by atoms with Crippen LogP contribution in [-0.2, 0) is 4.89 Å². The molecule has 0 fully saturated rings. The monoisotopic (exact) mass is 371 g/mol. The van der Waals surface area contributed by atoms with Gasteiger partial charge in [-0.15, -0.1) is 5.01 Å². The minimum absolute atomic E-state index is 0.121. The molecule has 0 aliphatic carbocycles. The summed E-state index contributed by atoms with van der Waals surface area (Å²) < 4.78 is 0. The number of amidine groups is 1. The first-order chi connectivity index (χ1) is 13.1. The summed E-state index contributed by atoms with van der Waals surface area (Å²) in [6.45, 7) is 11.0. The van der Waals surface area contributed by atoms with Gasteiger partial charge in [-0.05, 0) is 44.9 Å². The maximum absolute atomic E-state index is 8.86. The quantitative estimate of drug-likeness (QED) is 0.131. The molecular weight excluding hydrogens is 358 g/mol. The topological polar surface area (TPSA) is 49.4 Å². The maximum Gasteiger partial charge on any atom is 0.304 e. The van der Waals surface area contributed by atoms with Crippen LogP contribution in [0.15, 0.2) is 77.7 Å². The average molecular weight is 371 g/mol. The van der Waals surface area contributed by atoms with Gasteiger partial charge in [0.25, 0.3) is 5.88 Å². The lowest BCUT2D eigenvalue weighted by molar-refractivity contribution is -0.218. The van der Waals surface area contributed by atoms with Crippen molar-refractivity contribution in [3.8, 4) is 0 Å². The Morgan fingerprint density at radius 1 is 1.15 bits per heavy atom. The highest BCUT2D eigenvalue weighted by Gasteiger charge is 2.33. The van der Waals surface area contributed by atoms with Crippen molar-refractivity contribution in [3.63, 3.8) is 0 Å². The molecule has 1 aliphatic heterocycles. The van der Waals surface area contributed by atoms with Crippen molar-refractivity contribution in [1.82, 2.24) is 5.01 Å². The summed E-state index contributed by atoms with van der Waals surface area (Å²) in [6.07, 6.45) is 1.87. The van der Waals surface area contributed by atoms with E-state index in [0.717, 1.165) is 32.1 Å². The highest BCUT2D eigenvalue weighted by atomic mass is 32.1. The molecule has 0 spiro atoms. The Kier molecular flexibility index (Phi) is 4.16. The van der Waals surface area contributed by atoms with Crippen LogP contribution in [0.1, 0.15) is 5.56 Å².